The molecule has 6 nitrogen and oxygen atoms in total. The number of ether oxygens (including phenoxy) is 1. The van der Waals surface area contributed by atoms with E-state index < -0.39 is 10.0 Å². The number of sulfonamides is 1. The van der Waals surface area contributed by atoms with Gasteiger partial charge < -0.3 is 10.1 Å². The van der Waals surface area contributed by atoms with Gasteiger partial charge in [0.25, 0.3) is 0 Å². The zero-order valence-electron chi connectivity index (χ0n) is 11.6. The molecular weight excluding hydrogens is 278 g/mol. The second kappa shape index (κ2) is 6.53. The van der Waals surface area contributed by atoms with Gasteiger partial charge in [-0.05, 0) is 31.2 Å². The highest BCUT2D eigenvalue weighted by Crippen LogP contribution is 2.14. The van der Waals surface area contributed by atoms with E-state index in [0.717, 1.165) is 38.5 Å². The van der Waals surface area contributed by atoms with E-state index >= 15 is 0 Å². The Labute approximate surface area is 120 Å². The fourth-order valence-electron chi connectivity index (χ4n) is 2.24. The number of primary sulfonamides is 1. The Morgan fingerprint density at radius 2 is 1.90 bits per heavy atom. The zero-order valence-corrected chi connectivity index (χ0v) is 12.4. The average Bonchev–Trinajstić information content (AvgIpc) is 2.39. The Kier molecular flexibility index (Phi) is 4.98. The lowest BCUT2D eigenvalue weighted by atomic mass is 10.2. The van der Waals surface area contributed by atoms with Crippen molar-refractivity contribution < 1.29 is 13.2 Å². The molecule has 0 bridgehead atoms. The van der Waals surface area contributed by atoms with Gasteiger partial charge in [-0.15, -0.1) is 0 Å². The number of benzene rings is 1. The highest BCUT2D eigenvalue weighted by Gasteiger charge is 2.14. The molecule has 2 rings (SSSR count). The van der Waals surface area contributed by atoms with Crippen molar-refractivity contribution in [3.05, 3.63) is 24.3 Å². The molecule has 20 heavy (non-hydrogen) atoms. The number of nitrogens with zero attached hydrogens (tertiary/aromatic N) is 1. The highest BCUT2D eigenvalue weighted by molar-refractivity contribution is 7.89. The first-order chi connectivity index (χ1) is 9.45. The molecule has 0 radical (unpaired) electrons. The van der Waals surface area contributed by atoms with Gasteiger partial charge in [-0.1, -0.05) is 0 Å². The summed E-state index contributed by atoms with van der Waals surface area (Å²) in [5.74, 6) is 0. The predicted octanol–water partition coefficient (Wildman–Crippen LogP) is 0.467. The van der Waals surface area contributed by atoms with Gasteiger partial charge in [0.2, 0.25) is 10.0 Å². The molecule has 1 unspecified atom stereocenters. The van der Waals surface area contributed by atoms with Crippen LogP contribution in [0.15, 0.2) is 29.2 Å². The summed E-state index contributed by atoms with van der Waals surface area (Å²) in [7, 11) is -3.62. The maximum absolute atomic E-state index is 11.2. The van der Waals surface area contributed by atoms with Gasteiger partial charge in [0, 0.05) is 31.4 Å². The van der Waals surface area contributed by atoms with E-state index in [-0.39, 0.29) is 10.9 Å². The Morgan fingerprint density at radius 1 is 1.30 bits per heavy atom. The van der Waals surface area contributed by atoms with E-state index in [4.69, 9.17) is 9.88 Å². The van der Waals surface area contributed by atoms with Crippen LogP contribution in [0.1, 0.15) is 6.92 Å². The lowest BCUT2D eigenvalue weighted by Crippen LogP contribution is -2.42. The summed E-state index contributed by atoms with van der Waals surface area (Å²) in [4.78, 5) is 2.48. The zero-order chi connectivity index (χ0) is 14.6. The normalized spacial score (nSPS) is 18.7. The van der Waals surface area contributed by atoms with Crippen molar-refractivity contribution in [1.82, 2.24) is 4.90 Å². The van der Waals surface area contributed by atoms with Gasteiger partial charge in [0.1, 0.15) is 0 Å². The van der Waals surface area contributed by atoms with Gasteiger partial charge in [0.05, 0.1) is 18.1 Å². The van der Waals surface area contributed by atoms with Crippen molar-refractivity contribution in [2.75, 3.05) is 38.2 Å². The lowest BCUT2D eigenvalue weighted by Gasteiger charge is -2.29. The van der Waals surface area contributed by atoms with E-state index in [1.165, 1.54) is 12.1 Å². The van der Waals surface area contributed by atoms with Crippen LogP contribution >= 0.6 is 0 Å². The quantitative estimate of drug-likeness (QED) is 0.825. The van der Waals surface area contributed by atoms with Crippen LogP contribution in [-0.2, 0) is 14.8 Å². The minimum Gasteiger partial charge on any atom is -0.381 e. The van der Waals surface area contributed by atoms with Gasteiger partial charge in [-0.25, -0.2) is 13.6 Å². The first-order valence-electron chi connectivity index (χ1n) is 6.64. The monoisotopic (exact) mass is 299 g/mol. The van der Waals surface area contributed by atoms with Crippen LogP contribution in [0.4, 0.5) is 5.69 Å². The Morgan fingerprint density at radius 3 is 2.45 bits per heavy atom. The third-order valence-electron chi connectivity index (χ3n) is 3.23. The summed E-state index contributed by atoms with van der Waals surface area (Å²) < 4.78 is 27.6. The summed E-state index contributed by atoms with van der Waals surface area (Å²) in [5, 5.41) is 8.41. The Hall–Kier alpha value is -1.15. The second-order valence-corrected chi connectivity index (χ2v) is 6.59. The van der Waals surface area contributed by atoms with Crippen LogP contribution in [0, 0.1) is 0 Å². The average molecular weight is 299 g/mol. The van der Waals surface area contributed by atoms with Gasteiger partial charge in [-0.2, -0.15) is 0 Å². The third-order valence-corrected chi connectivity index (χ3v) is 4.16. The van der Waals surface area contributed by atoms with Crippen molar-refractivity contribution in [1.29, 1.82) is 0 Å². The molecule has 1 aromatic rings. The Bertz CT molecular complexity index is 524. The number of hydrogen-bond acceptors (Lipinski definition) is 5. The van der Waals surface area contributed by atoms with Crippen molar-refractivity contribution in [2.24, 2.45) is 5.14 Å². The summed E-state index contributed by atoms with van der Waals surface area (Å²) in [6, 6.07) is 6.76. The van der Waals surface area contributed by atoms with E-state index in [1.54, 1.807) is 12.1 Å². The van der Waals surface area contributed by atoms with Gasteiger partial charge in [0.15, 0.2) is 0 Å². The van der Waals surface area contributed by atoms with Crippen molar-refractivity contribution >= 4 is 15.7 Å². The maximum atomic E-state index is 11.2. The second-order valence-electron chi connectivity index (χ2n) is 5.03. The van der Waals surface area contributed by atoms with E-state index in [1.807, 2.05) is 0 Å². The fourth-order valence-corrected chi connectivity index (χ4v) is 2.76. The van der Waals surface area contributed by atoms with Crippen LogP contribution in [0.3, 0.4) is 0 Å². The summed E-state index contributed by atoms with van der Waals surface area (Å²) in [6.45, 7) is 6.52. The molecule has 0 aliphatic carbocycles. The molecule has 1 aliphatic rings. The number of rotatable bonds is 5. The molecule has 1 aromatic carbocycles. The first kappa shape index (κ1) is 15.2. The van der Waals surface area contributed by atoms with Crippen LogP contribution in [0.25, 0.3) is 0 Å². The standard InChI is InChI=1S/C13H21N3O3S/c1-11(10-16-6-8-19-9-7-16)15-12-2-4-13(5-3-12)20(14,17)18/h2-5,11,15H,6-10H2,1H3,(H2,14,17,18). The first-order valence-corrected chi connectivity index (χ1v) is 8.19. The Balaban J connectivity index is 1.89. The minimum atomic E-state index is -3.62. The van der Waals surface area contributed by atoms with Crippen molar-refractivity contribution in [2.45, 2.75) is 17.9 Å². The highest BCUT2D eigenvalue weighted by atomic mass is 32.2. The molecule has 7 heteroatoms. The van der Waals surface area contributed by atoms with E-state index in [2.05, 4.69) is 17.1 Å². The summed E-state index contributed by atoms with van der Waals surface area (Å²) in [5.41, 5.74) is 0.887. The number of anilines is 1. The molecule has 1 heterocycles. The predicted molar refractivity (Wildman–Crippen MR) is 78.2 cm³/mol. The fraction of sp³-hybridized carbons (Fsp3) is 0.538. The summed E-state index contributed by atoms with van der Waals surface area (Å²) in [6.07, 6.45) is 0. The summed E-state index contributed by atoms with van der Waals surface area (Å²) >= 11 is 0. The van der Waals surface area contributed by atoms with Crippen LogP contribution in [-0.4, -0.2) is 52.2 Å². The molecular formula is C13H21N3O3S. The molecule has 1 saturated heterocycles. The van der Waals surface area contributed by atoms with E-state index in [9.17, 15) is 8.42 Å². The maximum Gasteiger partial charge on any atom is 0.238 e. The third kappa shape index (κ3) is 4.45. The molecule has 0 spiro atoms. The van der Waals surface area contributed by atoms with Crippen LogP contribution < -0.4 is 10.5 Å². The molecule has 1 aliphatic heterocycles. The number of nitrogens with two attached hydrogens (primary N) is 1. The van der Waals surface area contributed by atoms with E-state index in [0.29, 0.717) is 0 Å². The molecule has 3 N–H and O–H groups in total. The van der Waals surface area contributed by atoms with Crippen LogP contribution in [0.5, 0.6) is 0 Å². The molecule has 1 atom stereocenters. The van der Waals surface area contributed by atoms with Crippen molar-refractivity contribution in [3.63, 3.8) is 0 Å². The minimum absolute atomic E-state index is 0.129. The lowest BCUT2D eigenvalue weighted by molar-refractivity contribution is 0.0368. The smallest absolute Gasteiger partial charge is 0.238 e. The molecule has 0 aromatic heterocycles. The van der Waals surface area contributed by atoms with Crippen LogP contribution in [0.2, 0.25) is 0 Å². The molecule has 0 amide bonds. The number of morpholine rings is 1. The SMILES string of the molecule is CC(CN1CCOCC1)Nc1ccc(S(N)(=O)=O)cc1. The van der Waals surface area contributed by atoms with Crippen molar-refractivity contribution in [3.8, 4) is 0 Å². The van der Waals surface area contributed by atoms with Gasteiger partial charge in [-0.3, -0.25) is 4.90 Å². The van der Waals surface area contributed by atoms with Gasteiger partial charge >= 0.3 is 0 Å². The molecule has 0 saturated carbocycles. The molecule has 1 fully saturated rings. The number of nitrogens with one attached hydrogen (secondary N) is 1. The topological polar surface area (TPSA) is 84.7 Å². The molecule has 112 valence electrons. The largest absolute Gasteiger partial charge is 0.381 e. The number of hydrogen-bond donors (Lipinski definition) is 2.